The molecule has 2 N–H and O–H groups in total. The van der Waals surface area contributed by atoms with E-state index in [4.69, 9.17) is 24.9 Å². The molecule has 2 aliphatic carbocycles. The number of nitrogens with two attached hydrogens (primary N) is 1. The molecule has 0 radical (unpaired) electrons. The van der Waals surface area contributed by atoms with Crippen LogP contribution in [0.5, 0.6) is 5.75 Å². The quantitative estimate of drug-likeness (QED) is 0.257. The second-order valence-electron chi connectivity index (χ2n) is 12.8. The summed E-state index contributed by atoms with van der Waals surface area (Å²) in [5.74, 6) is 2.50. The Morgan fingerprint density at radius 1 is 1.02 bits per heavy atom. The summed E-state index contributed by atoms with van der Waals surface area (Å²) >= 11 is 0. The Hall–Kier alpha value is -4.63. The third kappa shape index (κ3) is 3.85. The Morgan fingerprint density at radius 2 is 1.91 bits per heavy atom. The number of nitrogens with zero attached hydrogens (tertiary/aromatic N) is 5. The Labute approximate surface area is 254 Å². The minimum absolute atomic E-state index is 0.00763. The van der Waals surface area contributed by atoms with Crippen LogP contribution in [0.4, 0.5) is 0 Å². The highest BCUT2D eigenvalue weighted by atomic mass is 16.5. The first kappa shape index (κ1) is 25.8. The smallest absolute Gasteiger partial charge is 0.254 e. The zero-order chi connectivity index (χ0) is 29.7. The predicted octanol–water partition coefficient (Wildman–Crippen LogP) is 5.98. The van der Waals surface area contributed by atoms with Crippen molar-refractivity contribution in [3.8, 4) is 28.5 Å². The number of pyridine rings is 1. The molecule has 2 bridgehead atoms. The van der Waals surface area contributed by atoms with Crippen LogP contribution < -0.4 is 10.5 Å². The van der Waals surface area contributed by atoms with Gasteiger partial charge < -0.3 is 28.9 Å². The first-order chi connectivity index (χ1) is 21.5. The number of ether oxygens (including phenoxy) is 1. The number of furan rings is 1. The van der Waals surface area contributed by atoms with Crippen LogP contribution >= 0.6 is 0 Å². The summed E-state index contributed by atoms with van der Waals surface area (Å²) in [5.41, 5.74) is 13.4. The van der Waals surface area contributed by atoms with E-state index in [0.717, 1.165) is 81.7 Å². The van der Waals surface area contributed by atoms with Gasteiger partial charge in [-0.05, 0) is 92.1 Å². The van der Waals surface area contributed by atoms with Crippen LogP contribution in [0, 0.1) is 11.8 Å². The number of carbonyl (C=O) groups is 1. The fraction of sp³-hybridized carbons (Fsp3) is 0.343. The summed E-state index contributed by atoms with van der Waals surface area (Å²) < 4.78 is 15.8. The number of likely N-dealkylation sites (tertiary alicyclic amines) is 1. The second-order valence-corrected chi connectivity index (χ2v) is 12.8. The zero-order valence-electron chi connectivity index (χ0n) is 24.9. The minimum atomic E-state index is 0.00763. The lowest BCUT2D eigenvalue weighted by Gasteiger charge is -2.27. The van der Waals surface area contributed by atoms with Gasteiger partial charge in [0.15, 0.2) is 5.82 Å². The summed E-state index contributed by atoms with van der Waals surface area (Å²) in [4.78, 5) is 26.0. The number of hydrogen-bond acceptors (Lipinski definition) is 6. The molecular weight excluding hydrogens is 552 g/mol. The molecule has 9 heteroatoms. The molecule has 5 heterocycles. The summed E-state index contributed by atoms with van der Waals surface area (Å²) in [6.45, 7) is 1.61. The third-order valence-electron chi connectivity index (χ3n) is 10.2. The van der Waals surface area contributed by atoms with Crippen LogP contribution in [0.3, 0.4) is 0 Å². The molecule has 6 aromatic rings. The van der Waals surface area contributed by atoms with Crippen molar-refractivity contribution in [1.29, 1.82) is 0 Å². The zero-order valence-corrected chi connectivity index (χ0v) is 24.9. The number of aryl methyl sites for hydroxylation is 1. The summed E-state index contributed by atoms with van der Waals surface area (Å²) in [5, 5.41) is 2.13. The van der Waals surface area contributed by atoms with Gasteiger partial charge in [-0.25, -0.2) is 9.97 Å². The first-order valence-electron chi connectivity index (χ1n) is 15.6. The van der Waals surface area contributed by atoms with E-state index in [1.165, 1.54) is 12.8 Å². The van der Waals surface area contributed by atoms with Crippen LogP contribution in [0.2, 0.25) is 0 Å². The normalized spacial score (nSPS) is 21.3. The maximum absolute atomic E-state index is 13.7. The largest absolute Gasteiger partial charge is 0.494 e. The number of hydrogen-bond donors (Lipinski definition) is 1. The molecule has 9 rings (SSSR count). The third-order valence-corrected chi connectivity index (χ3v) is 10.2. The van der Waals surface area contributed by atoms with E-state index in [9.17, 15) is 4.79 Å². The van der Waals surface area contributed by atoms with Crippen LogP contribution in [-0.2, 0) is 13.6 Å². The van der Waals surface area contributed by atoms with Crippen molar-refractivity contribution >= 4 is 38.9 Å². The highest BCUT2D eigenvalue weighted by Gasteiger charge is 2.47. The molecule has 2 aromatic carbocycles. The standard InChI is InChI=1S/C35H34N6O3/c1-39-32-26(14-24(16-30(32)43-2)35(42)41-18-23-6-9-27(41)31(23)36)38-34(39)28-15-22-5-8-25(37-33(22)40(28)17-19-3-4-19)20-7-10-29-21(13-20)11-12-44-29/h5,7-8,10-16,19,23,27,31H,3-4,6,9,17-18,36H2,1-2H3. The lowest BCUT2D eigenvalue weighted by molar-refractivity contribution is 0.0700. The molecule has 3 unspecified atom stereocenters. The number of aromatic nitrogens is 4. The lowest BCUT2D eigenvalue weighted by Crippen LogP contribution is -2.41. The fourth-order valence-corrected chi connectivity index (χ4v) is 7.61. The molecule has 222 valence electrons. The summed E-state index contributed by atoms with van der Waals surface area (Å²) in [6.07, 6.45) is 6.24. The maximum atomic E-state index is 13.7. The number of benzene rings is 2. The minimum Gasteiger partial charge on any atom is -0.494 e. The van der Waals surface area contributed by atoms with Crippen molar-refractivity contribution in [1.82, 2.24) is 24.0 Å². The Morgan fingerprint density at radius 3 is 2.68 bits per heavy atom. The van der Waals surface area contributed by atoms with E-state index in [2.05, 4.69) is 39.5 Å². The van der Waals surface area contributed by atoms with E-state index in [-0.39, 0.29) is 18.0 Å². The SMILES string of the molecule is COc1cc(C(=O)N2CC3CCC2C3N)cc2nc(-c3cc4ccc(-c5ccc6occc6c5)nc4n3CC3CC3)n(C)c12. The molecule has 2 saturated carbocycles. The molecular formula is C35H34N6O3. The second kappa shape index (κ2) is 9.43. The molecule has 4 aromatic heterocycles. The van der Waals surface area contributed by atoms with Crippen LogP contribution in [-0.4, -0.2) is 55.6 Å². The molecule has 44 heavy (non-hydrogen) atoms. The van der Waals surface area contributed by atoms with E-state index < -0.39 is 0 Å². The van der Waals surface area contributed by atoms with Gasteiger partial charge in [-0.15, -0.1) is 0 Å². The van der Waals surface area contributed by atoms with Gasteiger partial charge in [-0.1, -0.05) is 0 Å². The molecule has 0 spiro atoms. The Bertz CT molecular complexity index is 2120. The van der Waals surface area contributed by atoms with E-state index in [1.54, 1.807) is 13.4 Å². The molecule has 3 atom stereocenters. The number of methoxy groups -OCH3 is 1. The number of fused-ring (bicyclic) bond motifs is 5. The van der Waals surface area contributed by atoms with Crippen molar-refractivity contribution in [2.75, 3.05) is 13.7 Å². The molecule has 1 aliphatic heterocycles. The lowest BCUT2D eigenvalue weighted by atomic mass is 10.1. The van der Waals surface area contributed by atoms with Crippen molar-refractivity contribution in [2.45, 2.75) is 44.3 Å². The molecule has 1 amide bonds. The van der Waals surface area contributed by atoms with Crippen molar-refractivity contribution in [3.63, 3.8) is 0 Å². The highest BCUT2D eigenvalue weighted by Crippen LogP contribution is 2.40. The van der Waals surface area contributed by atoms with Crippen molar-refractivity contribution in [2.24, 2.45) is 24.6 Å². The van der Waals surface area contributed by atoms with E-state index in [0.29, 0.717) is 23.1 Å². The van der Waals surface area contributed by atoms with Gasteiger partial charge in [0, 0.05) is 54.1 Å². The van der Waals surface area contributed by atoms with Gasteiger partial charge in [-0.3, -0.25) is 4.79 Å². The van der Waals surface area contributed by atoms with E-state index in [1.807, 2.05) is 36.2 Å². The molecule has 9 nitrogen and oxygen atoms in total. The average Bonchev–Trinajstić information content (AvgIpc) is 3.34. The number of imidazole rings is 1. The number of amides is 1. The highest BCUT2D eigenvalue weighted by molar-refractivity contribution is 6.00. The van der Waals surface area contributed by atoms with Gasteiger partial charge in [0.2, 0.25) is 0 Å². The Kier molecular flexibility index (Phi) is 5.54. The monoisotopic (exact) mass is 586 g/mol. The van der Waals surface area contributed by atoms with Crippen molar-refractivity contribution in [3.05, 3.63) is 66.4 Å². The number of rotatable bonds is 6. The first-order valence-corrected chi connectivity index (χ1v) is 15.6. The average molecular weight is 587 g/mol. The van der Waals surface area contributed by atoms with Crippen molar-refractivity contribution < 1.29 is 13.9 Å². The van der Waals surface area contributed by atoms with E-state index >= 15 is 0 Å². The van der Waals surface area contributed by atoms with Crippen LogP contribution in [0.15, 0.2) is 65.3 Å². The van der Waals surface area contributed by atoms with Crippen LogP contribution in [0.1, 0.15) is 36.0 Å². The summed E-state index contributed by atoms with van der Waals surface area (Å²) in [6, 6.07) is 18.6. The maximum Gasteiger partial charge on any atom is 0.254 e. The number of piperidine rings is 1. The molecule has 3 aliphatic rings. The van der Waals surface area contributed by atoms with Gasteiger partial charge >= 0.3 is 0 Å². The summed E-state index contributed by atoms with van der Waals surface area (Å²) in [7, 11) is 3.67. The predicted molar refractivity (Wildman–Crippen MR) is 169 cm³/mol. The van der Waals surface area contributed by atoms with Gasteiger partial charge in [0.05, 0.1) is 30.3 Å². The van der Waals surface area contributed by atoms with Gasteiger partial charge in [0.1, 0.15) is 22.5 Å². The van der Waals surface area contributed by atoms with Gasteiger partial charge in [0.25, 0.3) is 5.91 Å². The molecule has 3 fully saturated rings. The van der Waals surface area contributed by atoms with Gasteiger partial charge in [-0.2, -0.15) is 0 Å². The Balaban J connectivity index is 1.16. The van der Waals surface area contributed by atoms with Crippen LogP contribution in [0.25, 0.3) is 55.8 Å². The fourth-order valence-electron chi connectivity index (χ4n) is 7.61. The molecule has 1 saturated heterocycles. The number of carbonyl (C=O) groups excluding carboxylic acids is 1. The topological polar surface area (TPSA) is 104 Å².